The lowest BCUT2D eigenvalue weighted by Gasteiger charge is -2.41. The number of amides is 2. The van der Waals surface area contributed by atoms with Crippen LogP contribution in [0.1, 0.15) is 23.1 Å². The zero-order chi connectivity index (χ0) is 28.8. The molecule has 0 saturated carbocycles. The summed E-state index contributed by atoms with van der Waals surface area (Å²) in [4.78, 5) is 32.2. The van der Waals surface area contributed by atoms with Gasteiger partial charge in [-0.05, 0) is 31.2 Å². The lowest BCUT2D eigenvalue weighted by atomic mass is 9.97. The second-order valence-corrected chi connectivity index (χ2v) is 10.6. The van der Waals surface area contributed by atoms with Crippen LogP contribution < -0.4 is 4.74 Å². The first-order valence-corrected chi connectivity index (χ1v) is 13.5. The van der Waals surface area contributed by atoms with Crippen molar-refractivity contribution >= 4 is 28.9 Å². The van der Waals surface area contributed by atoms with Gasteiger partial charge in [0.15, 0.2) is 0 Å². The molecule has 1 N–H and O–H groups in total. The van der Waals surface area contributed by atoms with Crippen LogP contribution in [-0.4, -0.2) is 77.3 Å². The molecule has 6 rings (SSSR count). The SMILES string of the molecule is C=CC(=O)N1CC(C(=O)N2CCn3nc(-c4cc(OCC(O)c5ccc(F)cn5)c5c(Cl)cnn5c4)c(C)c3C2)C1. The third kappa shape index (κ3) is 4.93. The van der Waals surface area contributed by atoms with Gasteiger partial charge in [0.25, 0.3) is 0 Å². The quantitative estimate of drug-likeness (QED) is 0.335. The van der Waals surface area contributed by atoms with Crippen LogP contribution >= 0.6 is 11.6 Å². The number of likely N-dealkylation sites (tertiary alicyclic amines) is 1. The second kappa shape index (κ2) is 10.6. The maximum atomic E-state index is 13.2. The number of aliphatic hydroxyl groups excluding tert-OH is 1. The van der Waals surface area contributed by atoms with E-state index in [1.165, 1.54) is 24.4 Å². The molecule has 212 valence electrons. The normalized spacial score (nSPS) is 15.9. The van der Waals surface area contributed by atoms with Crippen molar-refractivity contribution in [2.45, 2.75) is 26.1 Å². The van der Waals surface area contributed by atoms with Crippen molar-refractivity contribution in [3.8, 4) is 17.0 Å². The van der Waals surface area contributed by atoms with E-state index in [4.69, 9.17) is 21.4 Å². The van der Waals surface area contributed by atoms with Crippen molar-refractivity contribution in [2.24, 2.45) is 5.92 Å². The maximum Gasteiger partial charge on any atom is 0.246 e. The van der Waals surface area contributed by atoms with Crippen LogP contribution in [0.3, 0.4) is 0 Å². The lowest BCUT2D eigenvalue weighted by molar-refractivity contribution is -0.147. The minimum absolute atomic E-state index is 0.0315. The molecule has 4 aromatic rings. The molecule has 4 aromatic heterocycles. The molecule has 0 aliphatic carbocycles. The fraction of sp³-hybridized carbons (Fsp3) is 0.321. The third-order valence-electron chi connectivity index (χ3n) is 7.57. The molecule has 1 saturated heterocycles. The number of nitrogens with zero attached hydrogens (tertiary/aromatic N) is 7. The van der Waals surface area contributed by atoms with Gasteiger partial charge < -0.3 is 19.6 Å². The van der Waals surface area contributed by atoms with Crippen LogP contribution in [0.25, 0.3) is 16.8 Å². The van der Waals surface area contributed by atoms with Gasteiger partial charge >= 0.3 is 0 Å². The fourth-order valence-corrected chi connectivity index (χ4v) is 5.46. The van der Waals surface area contributed by atoms with Gasteiger partial charge in [-0.15, -0.1) is 0 Å². The summed E-state index contributed by atoms with van der Waals surface area (Å²) in [6, 6.07) is 4.41. The molecule has 2 aliphatic rings. The van der Waals surface area contributed by atoms with E-state index in [-0.39, 0.29) is 30.0 Å². The topological polar surface area (TPSA) is 118 Å². The molecule has 0 spiro atoms. The molecule has 6 heterocycles. The van der Waals surface area contributed by atoms with Crippen LogP contribution in [0.4, 0.5) is 4.39 Å². The molecule has 1 fully saturated rings. The van der Waals surface area contributed by atoms with Crippen molar-refractivity contribution in [1.29, 1.82) is 0 Å². The summed E-state index contributed by atoms with van der Waals surface area (Å²) < 4.78 is 22.7. The number of aliphatic hydroxyl groups is 1. The highest BCUT2D eigenvalue weighted by molar-refractivity contribution is 6.34. The summed E-state index contributed by atoms with van der Waals surface area (Å²) in [5.74, 6) is -0.449. The molecule has 11 nitrogen and oxygen atoms in total. The maximum absolute atomic E-state index is 13.2. The lowest BCUT2D eigenvalue weighted by Crippen LogP contribution is -2.56. The predicted octanol–water partition coefficient (Wildman–Crippen LogP) is 2.79. The van der Waals surface area contributed by atoms with E-state index in [1.54, 1.807) is 21.7 Å². The van der Waals surface area contributed by atoms with Crippen molar-refractivity contribution in [1.82, 2.24) is 34.2 Å². The average molecular weight is 580 g/mol. The molecule has 2 amide bonds. The molecule has 0 bridgehead atoms. The van der Waals surface area contributed by atoms with Crippen molar-refractivity contribution in [2.75, 3.05) is 26.2 Å². The van der Waals surface area contributed by atoms with Gasteiger partial charge in [0.1, 0.15) is 29.8 Å². The Morgan fingerprint density at radius 1 is 1.27 bits per heavy atom. The Morgan fingerprint density at radius 2 is 2.07 bits per heavy atom. The van der Waals surface area contributed by atoms with E-state index >= 15 is 0 Å². The van der Waals surface area contributed by atoms with Gasteiger partial charge in [0.2, 0.25) is 11.8 Å². The number of fused-ring (bicyclic) bond motifs is 2. The van der Waals surface area contributed by atoms with Crippen molar-refractivity contribution in [3.05, 3.63) is 77.2 Å². The average Bonchev–Trinajstić information content (AvgIpc) is 3.49. The molecule has 0 aromatic carbocycles. The standard InChI is InChI=1S/C28H27ClFN7O4/c1-3-25(39)35-11-18(12-35)28(40)34-6-7-36-22(14-34)16(2)26(33-36)17-8-24(27-20(29)10-32-37(27)13-17)41-15-23(38)21-5-4-19(30)9-31-21/h3-5,8-10,13,18,23,38H,1,6-7,11-12,14-15H2,2H3. The minimum atomic E-state index is -1.09. The van der Waals surface area contributed by atoms with Crippen molar-refractivity contribution < 1.29 is 23.8 Å². The number of hydrogen-bond donors (Lipinski definition) is 1. The summed E-state index contributed by atoms with van der Waals surface area (Å²) in [6.45, 7) is 7.61. The number of carbonyl (C=O) groups is 2. The Balaban J connectivity index is 1.23. The highest BCUT2D eigenvalue weighted by atomic mass is 35.5. The molecule has 0 radical (unpaired) electrons. The molecule has 2 aliphatic heterocycles. The van der Waals surface area contributed by atoms with Crippen molar-refractivity contribution in [3.63, 3.8) is 0 Å². The number of aromatic nitrogens is 5. The monoisotopic (exact) mass is 579 g/mol. The van der Waals surface area contributed by atoms with Gasteiger partial charge in [-0.3, -0.25) is 19.3 Å². The van der Waals surface area contributed by atoms with Crippen LogP contribution in [0.15, 0.2) is 49.4 Å². The number of ether oxygens (including phenoxy) is 1. The van der Waals surface area contributed by atoms with Crippen LogP contribution in [0.5, 0.6) is 5.75 Å². The Kier molecular flexibility index (Phi) is 6.96. The number of rotatable bonds is 7. The van der Waals surface area contributed by atoms with E-state index in [1.807, 2.05) is 16.5 Å². The Hall–Kier alpha value is -4.29. The zero-order valence-corrected chi connectivity index (χ0v) is 23.0. The summed E-state index contributed by atoms with van der Waals surface area (Å²) >= 11 is 6.40. The molecular formula is C28H27ClFN7O4. The van der Waals surface area contributed by atoms with Gasteiger partial charge in [0.05, 0.1) is 53.5 Å². The Labute approximate surface area is 239 Å². The highest BCUT2D eigenvalue weighted by Gasteiger charge is 2.38. The number of hydrogen-bond acceptors (Lipinski definition) is 7. The molecule has 41 heavy (non-hydrogen) atoms. The predicted molar refractivity (Wildman–Crippen MR) is 146 cm³/mol. The Bertz CT molecular complexity index is 1660. The van der Waals surface area contributed by atoms with E-state index in [0.717, 1.165) is 23.0 Å². The van der Waals surface area contributed by atoms with Gasteiger partial charge in [-0.25, -0.2) is 8.91 Å². The fourth-order valence-electron chi connectivity index (χ4n) is 5.24. The van der Waals surface area contributed by atoms with Gasteiger partial charge in [-0.2, -0.15) is 10.2 Å². The first kappa shape index (κ1) is 26.9. The molecule has 1 atom stereocenters. The van der Waals surface area contributed by atoms with E-state index in [9.17, 15) is 19.1 Å². The summed E-state index contributed by atoms with van der Waals surface area (Å²) in [5, 5.41) is 20.1. The Morgan fingerprint density at radius 3 is 2.80 bits per heavy atom. The molecular weight excluding hydrogens is 553 g/mol. The first-order valence-electron chi connectivity index (χ1n) is 13.1. The van der Waals surface area contributed by atoms with Crippen LogP contribution in [0.2, 0.25) is 5.02 Å². The summed E-state index contributed by atoms with van der Waals surface area (Å²) in [7, 11) is 0. The van der Waals surface area contributed by atoms with Gasteiger partial charge in [0, 0.05) is 37.0 Å². The van der Waals surface area contributed by atoms with Crippen LogP contribution in [-0.2, 0) is 22.7 Å². The third-order valence-corrected chi connectivity index (χ3v) is 7.84. The van der Waals surface area contributed by atoms with E-state index in [0.29, 0.717) is 54.7 Å². The smallest absolute Gasteiger partial charge is 0.246 e. The van der Waals surface area contributed by atoms with Crippen LogP contribution in [0, 0.1) is 18.7 Å². The van der Waals surface area contributed by atoms with E-state index in [2.05, 4.69) is 16.7 Å². The summed E-state index contributed by atoms with van der Waals surface area (Å²) in [6.07, 6.45) is 4.51. The second-order valence-electron chi connectivity index (χ2n) is 10.2. The number of pyridine rings is 2. The largest absolute Gasteiger partial charge is 0.488 e. The number of carbonyl (C=O) groups excluding carboxylic acids is 2. The first-order chi connectivity index (χ1) is 19.7. The number of halogens is 2. The highest BCUT2D eigenvalue weighted by Crippen LogP contribution is 2.35. The van der Waals surface area contributed by atoms with Gasteiger partial charge in [-0.1, -0.05) is 18.2 Å². The summed E-state index contributed by atoms with van der Waals surface area (Å²) in [5.41, 5.74) is 4.07. The zero-order valence-electron chi connectivity index (χ0n) is 22.2. The van der Waals surface area contributed by atoms with E-state index < -0.39 is 11.9 Å². The minimum Gasteiger partial charge on any atom is -0.488 e. The molecule has 1 unspecified atom stereocenters. The molecule has 13 heteroatoms.